The summed E-state index contributed by atoms with van der Waals surface area (Å²) < 4.78 is 27.0. The Morgan fingerprint density at radius 1 is 1.50 bits per heavy atom. The van der Waals surface area contributed by atoms with Crippen molar-refractivity contribution in [2.24, 2.45) is 5.73 Å². The van der Waals surface area contributed by atoms with E-state index in [0.29, 0.717) is 29.1 Å². The largest absolute Gasteiger partial charge is 0.326 e. The van der Waals surface area contributed by atoms with Gasteiger partial charge in [-0.3, -0.25) is 0 Å². The summed E-state index contributed by atoms with van der Waals surface area (Å²) in [5.74, 6) is 0.882. The molecule has 102 valence electrons. The Kier molecular flexibility index (Phi) is 4.71. The molecule has 0 radical (unpaired) electrons. The molecule has 1 aromatic rings. The molecule has 0 saturated carbocycles. The van der Waals surface area contributed by atoms with Crippen LogP contribution in [0.5, 0.6) is 0 Å². The molecule has 2 N–H and O–H groups in total. The Balaban J connectivity index is 2.19. The number of nitrogens with zero attached hydrogens (tertiary/aromatic N) is 1. The summed E-state index contributed by atoms with van der Waals surface area (Å²) in [4.78, 5) is 0.909. The molecule has 18 heavy (non-hydrogen) atoms. The number of rotatable bonds is 4. The molecule has 4 nitrogen and oxygen atoms in total. The highest BCUT2D eigenvalue weighted by atomic mass is 32.2. The van der Waals surface area contributed by atoms with E-state index in [0.717, 1.165) is 17.1 Å². The van der Waals surface area contributed by atoms with Crippen molar-refractivity contribution in [3.63, 3.8) is 0 Å². The maximum absolute atomic E-state index is 12.5. The molecular weight excluding hydrogens is 288 g/mol. The SMILES string of the molecule is CCC1CN(S(=O)(=O)c2ccc(CN)s2)CCS1. The van der Waals surface area contributed by atoms with Gasteiger partial charge in [0, 0.05) is 35.5 Å². The van der Waals surface area contributed by atoms with Gasteiger partial charge in [0.05, 0.1) is 0 Å². The summed E-state index contributed by atoms with van der Waals surface area (Å²) in [6.07, 6.45) is 1.01. The van der Waals surface area contributed by atoms with E-state index in [1.807, 2.05) is 11.8 Å². The van der Waals surface area contributed by atoms with E-state index in [-0.39, 0.29) is 0 Å². The van der Waals surface area contributed by atoms with E-state index in [4.69, 9.17) is 5.73 Å². The minimum Gasteiger partial charge on any atom is -0.326 e. The summed E-state index contributed by atoms with van der Waals surface area (Å²) in [7, 11) is -3.31. The zero-order chi connectivity index (χ0) is 13.2. The number of thioether (sulfide) groups is 1. The lowest BCUT2D eigenvalue weighted by Gasteiger charge is -2.30. The maximum Gasteiger partial charge on any atom is 0.252 e. The Morgan fingerprint density at radius 2 is 2.28 bits per heavy atom. The molecule has 0 spiro atoms. The summed E-state index contributed by atoms with van der Waals surface area (Å²) in [6.45, 7) is 3.73. The number of hydrogen-bond acceptors (Lipinski definition) is 5. The van der Waals surface area contributed by atoms with Gasteiger partial charge in [-0.25, -0.2) is 8.42 Å². The van der Waals surface area contributed by atoms with E-state index in [1.165, 1.54) is 11.3 Å². The molecule has 1 atom stereocenters. The molecule has 7 heteroatoms. The van der Waals surface area contributed by atoms with Gasteiger partial charge in [-0.2, -0.15) is 16.1 Å². The normalized spacial score (nSPS) is 22.2. The minimum absolute atomic E-state index is 0.396. The van der Waals surface area contributed by atoms with Crippen molar-refractivity contribution in [3.05, 3.63) is 17.0 Å². The van der Waals surface area contributed by atoms with Crippen molar-refractivity contribution in [1.29, 1.82) is 0 Å². The standard InChI is InChI=1S/C11H18N2O2S3/c1-2-9-8-13(5-6-16-9)18(14,15)11-4-3-10(7-12)17-11/h3-4,9H,2,5-8,12H2,1H3. The molecule has 1 unspecified atom stereocenters. The third kappa shape index (κ3) is 2.91. The van der Waals surface area contributed by atoms with Crippen LogP contribution in [0.4, 0.5) is 0 Å². The molecule has 0 bridgehead atoms. The summed E-state index contributed by atoms with van der Waals surface area (Å²) in [5.41, 5.74) is 5.53. The van der Waals surface area contributed by atoms with E-state index >= 15 is 0 Å². The predicted octanol–water partition coefficient (Wildman–Crippen LogP) is 1.72. The molecule has 1 saturated heterocycles. The van der Waals surface area contributed by atoms with Gasteiger partial charge in [0.1, 0.15) is 4.21 Å². The van der Waals surface area contributed by atoms with Crippen molar-refractivity contribution in [1.82, 2.24) is 4.31 Å². The molecule has 2 heterocycles. The Bertz CT molecular complexity index is 498. The lowest BCUT2D eigenvalue weighted by atomic mass is 10.3. The van der Waals surface area contributed by atoms with Crippen molar-refractivity contribution in [3.8, 4) is 0 Å². The van der Waals surface area contributed by atoms with Crippen molar-refractivity contribution in [2.45, 2.75) is 29.3 Å². The number of nitrogens with two attached hydrogens (primary N) is 1. The maximum atomic E-state index is 12.5. The van der Waals surface area contributed by atoms with Crippen LogP contribution < -0.4 is 5.73 Å². The Morgan fingerprint density at radius 3 is 2.89 bits per heavy atom. The fourth-order valence-electron chi connectivity index (χ4n) is 1.89. The molecule has 1 fully saturated rings. The van der Waals surface area contributed by atoms with Crippen LogP contribution in [0, 0.1) is 0 Å². The van der Waals surface area contributed by atoms with Crippen molar-refractivity contribution < 1.29 is 8.42 Å². The zero-order valence-electron chi connectivity index (χ0n) is 10.3. The summed E-state index contributed by atoms with van der Waals surface area (Å²) in [6, 6.07) is 3.47. The molecule has 2 rings (SSSR count). The fourth-order valence-corrected chi connectivity index (χ4v) is 6.16. The monoisotopic (exact) mass is 306 g/mol. The molecule has 0 aliphatic carbocycles. The van der Waals surface area contributed by atoms with Crippen LogP contribution in [0.1, 0.15) is 18.2 Å². The lowest BCUT2D eigenvalue weighted by molar-refractivity contribution is 0.417. The van der Waals surface area contributed by atoms with Gasteiger partial charge in [0.25, 0.3) is 10.0 Å². The van der Waals surface area contributed by atoms with Gasteiger partial charge in [-0.1, -0.05) is 6.92 Å². The fraction of sp³-hybridized carbons (Fsp3) is 0.636. The molecule has 1 aliphatic heterocycles. The van der Waals surface area contributed by atoms with E-state index in [9.17, 15) is 8.42 Å². The van der Waals surface area contributed by atoms with Gasteiger partial charge in [0.2, 0.25) is 0 Å². The molecule has 0 aromatic carbocycles. The molecule has 1 aromatic heterocycles. The highest BCUT2D eigenvalue weighted by Crippen LogP contribution is 2.29. The predicted molar refractivity (Wildman–Crippen MR) is 77.5 cm³/mol. The second-order valence-electron chi connectivity index (χ2n) is 4.19. The second-order valence-corrected chi connectivity index (χ2v) is 8.93. The van der Waals surface area contributed by atoms with Gasteiger partial charge >= 0.3 is 0 Å². The highest BCUT2D eigenvalue weighted by molar-refractivity contribution is 8.00. The van der Waals surface area contributed by atoms with Crippen LogP contribution in [0.15, 0.2) is 16.3 Å². The Hall–Kier alpha value is -0.0800. The first-order valence-electron chi connectivity index (χ1n) is 5.98. The molecular formula is C11H18N2O2S3. The van der Waals surface area contributed by atoms with Crippen LogP contribution in [0.25, 0.3) is 0 Å². The third-order valence-electron chi connectivity index (χ3n) is 2.99. The quantitative estimate of drug-likeness (QED) is 0.920. The van der Waals surface area contributed by atoms with Crippen LogP contribution in [-0.2, 0) is 16.6 Å². The summed E-state index contributed by atoms with van der Waals surface area (Å²) in [5, 5.41) is 0.419. The number of hydrogen-bond donors (Lipinski definition) is 1. The number of sulfonamides is 1. The molecule has 0 amide bonds. The topological polar surface area (TPSA) is 63.4 Å². The van der Waals surface area contributed by atoms with Gasteiger partial charge in [-0.15, -0.1) is 11.3 Å². The summed E-state index contributed by atoms with van der Waals surface area (Å²) >= 11 is 3.15. The zero-order valence-corrected chi connectivity index (χ0v) is 12.8. The van der Waals surface area contributed by atoms with E-state index in [1.54, 1.807) is 16.4 Å². The first-order valence-corrected chi connectivity index (χ1v) is 9.29. The second kappa shape index (κ2) is 5.92. The van der Waals surface area contributed by atoms with Gasteiger partial charge in [0.15, 0.2) is 0 Å². The first kappa shape index (κ1) is 14.3. The van der Waals surface area contributed by atoms with E-state index in [2.05, 4.69) is 6.92 Å². The average molecular weight is 306 g/mol. The average Bonchev–Trinajstić information content (AvgIpc) is 2.88. The van der Waals surface area contributed by atoms with Crippen molar-refractivity contribution >= 4 is 33.1 Å². The van der Waals surface area contributed by atoms with Crippen LogP contribution in [0.2, 0.25) is 0 Å². The van der Waals surface area contributed by atoms with Crippen LogP contribution in [-0.4, -0.2) is 36.8 Å². The van der Waals surface area contributed by atoms with Crippen molar-refractivity contribution in [2.75, 3.05) is 18.8 Å². The highest BCUT2D eigenvalue weighted by Gasteiger charge is 2.30. The smallest absolute Gasteiger partial charge is 0.252 e. The minimum atomic E-state index is -3.31. The molecule has 1 aliphatic rings. The lowest BCUT2D eigenvalue weighted by Crippen LogP contribution is -2.41. The number of thiophene rings is 1. The Labute approximate surface area is 117 Å². The van der Waals surface area contributed by atoms with E-state index < -0.39 is 10.0 Å². The third-order valence-corrected chi connectivity index (χ3v) is 7.80. The first-order chi connectivity index (χ1) is 8.57. The van der Waals surface area contributed by atoms with Crippen LogP contribution >= 0.6 is 23.1 Å². The van der Waals surface area contributed by atoms with Gasteiger partial charge < -0.3 is 5.73 Å². The van der Waals surface area contributed by atoms with Gasteiger partial charge in [-0.05, 0) is 18.6 Å². The van der Waals surface area contributed by atoms with Crippen LogP contribution in [0.3, 0.4) is 0 Å².